The minimum Gasteiger partial charge on any atom is -0.492 e. The van der Waals surface area contributed by atoms with Crippen molar-refractivity contribution in [3.8, 4) is 23.0 Å². The van der Waals surface area contributed by atoms with Gasteiger partial charge in [-0.3, -0.25) is 0 Å². The summed E-state index contributed by atoms with van der Waals surface area (Å²) in [7, 11) is 3.15. The van der Waals surface area contributed by atoms with Crippen LogP contribution >= 0.6 is 15.9 Å². The van der Waals surface area contributed by atoms with Crippen LogP contribution < -0.4 is 18.9 Å². The second-order valence-corrected chi connectivity index (χ2v) is 6.90. The lowest BCUT2D eigenvalue weighted by Crippen LogP contribution is -2.13. The molecule has 2 aromatic carbocycles. The highest BCUT2D eigenvalue weighted by molar-refractivity contribution is 9.10. The molecule has 0 radical (unpaired) electrons. The van der Waals surface area contributed by atoms with Gasteiger partial charge in [0.15, 0.2) is 11.5 Å². The summed E-state index contributed by atoms with van der Waals surface area (Å²) < 4.78 is 36.0. The number of methoxy groups -OCH3 is 2. The maximum absolute atomic E-state index is 13.1. The molecule has 0 saturated carbocycles. The van der Waals surface area contributed by atoms with Crippen molar-refractivity contribution < 1.29 is 28.2 Å². The third-order valence-electron chi connectivity index (χ3n) is 4.51. The number of oxime groups is 1. The Morgan fingerprint density at radius 3 is 2.44 bits per heavy atom. The van der Waals surface area contributed by atoms with Gasteiger partial charge < -0.3 is 23.8 Å². The Hall–Kier alpha value is -2.48. The molecule has 0 saturated heterocycles. The molecule has 2 aliphatic heterocycles. The summed E-state index contributed by atoms with van der Waals surface area (Å²) >= 11 is 3.59. The minimum absolute atomic E-state index is 0.107. The Labute approximate surface area is 163 Å². The topological polar surface area (TPSA) is 58.5 Å². The molecule has 27 heavy (non-hydrogen) atoms. The summed E-state index contributed by atoms with van der Waals surface area (Å²) in [5.74, 6) is 1.88. The first-order valence-electron chi connectivity index (χ1n) is 8.33. The van der Waals surface area contributed by atoms with Gasteiger partial charge in [0.05, 0.1) is 24.4 Å². The largest absolute Gasteiger partial charge is 0.492 e. The van der Waals surface area contributed by atoms with Crippen LogP contribution in [0, 0.1) is 5.82 Å². The van der Waals surface area contributed by atoms with E-state index in [4.69, 9.17) is 23.8 Å². The van der Waals surface area contributed by atoms with Gasteiger partial charge in [-0.1, -0.05) is 17.3 Å². The van der Waals surface area contributed by atoms with Crippen molar-refractivity contribution >= 4 is 21.6 Å². The highest BCUT2D eigenvalue weighted by Crippen LogP contribution is 2.54. The Morgan fingerprint density at radius 1 is 1.11 bits per heavy atom. The fourth-order valence-electron chi connectivity index (χ4n) is 3.25. The van der Waals surface area contributed by atoms with Gasteiger partial charge in [0, 0.05) is 18.4 Å². The molecule has 142 valence electrons. The molecular formula is C19H17BrFNO5. The van der Waals surface area contributed by atoms with Crippen LogP contribution in [0.3, 0.4) is 0 Å². The smallest absolute Gasteiger partial charge is 0.231 e. The Morgan fingerprint density at radius 2 is 1.78 bits per heavy atom. The van der Waals surface area contributed by atoms with Gasteiger partial charge in [-0.15, -0.1) is 0 Å². The summed E-state index contributed by atoms with van der Waals surface area (Å²) in [6.07, 6.45) is 0.920. The molecule has 1 atom stereocenters. The molecule has 2 heterocycles. The molecule has 4 rings (SSSR count). The van der Waals surface area contributed by atoms with E-state index in [1.165, 1.54) is 12.1 Å². The molecule has 0 spiro atoms. The van der Waals surface area contributed by atoms with E-state index in [1.54, 1.807) is 26.4 Å². The first-order valence-corrected chi connectivity index (χ1v) is 9.12. The molecular weight excluding hydrogens is 421 g/mol. The molecule has 0 N–H and O–H groups in total. The van der Waals surface area contributed by atoms with Crippen LogP contribution in [0.15, 0.2) is 33.9 Å². The van der Waals surface area contributed by atoms with E-state index in [0.717, 1.165) is 21.3 Å². The third kappa shape index (κ3) is 3.18. The van der Waals surface area contributed by atoms with Gasteiger partial charge in [0.2, 0.25) is 18.3 Å². The number of rotatable bonds is 5. The van der Waals surface area contributed by atoms with Crippen molar-refractivity contribution in [2.75, 3.05) is 21.0 Å². The predicted molar refractivity (Wildman–Crippen MR) is 99.5 cm³/mol. The summed E-state index contributed by atoms with van der Waals surface area (Å²) in [4.78, 5) is 5.61. The average Bonchev–Trinajstić information content (AvgIpc) is 3.33. The molecule has 0 unspecified atom stereocenters. The highest BCUT2D eigenvalue weighted by atomic mass is 79.9. The van der Waals surface area contributed by atoms with Crippen LogP contribution in [-0.2, 0) is 11.3 Å². The second-order valence-electron chi connectivity index (χ2n) is 6.10. The van der Waals surface area contributed by atoms with E-state index < -0.39 is 0 Å². The number of ether oxygens (including phenoxy) is 4. The lowest BCUT2D eigenvalue weighted by Gasteiger charge is -2.18. The highest BCUT2D eigenvalue weighted by Gasteiger charge is 2.33. The Balaban J connectivity index is 1.60. The van der Waals surface area contributed by atoms with Gasteiger partial charge >= 0.3 is 0 Å². The SMILES string of the molecule is COc1c(Br)c(C[C@H]2CC(c3ccc(F)cc3)=NO2)c(OC)c2c1OCO2. The number of fused-ring (bicyclic) bond motifs is 1. The van der Waals surface area contributed by atoms with Crippen molar-refractivity contribution in [3.63, 3.8) is 0 Å². The van der Waals surface area contributed by atoms with E-state index in [9.17, 15) is 4.39 Å². The molecule has 0 amide bonds. The third-order valence-corrected chi connectivity index (χ3v) is 5.35. The summed E-state index contributed by atoms with van der Waals surface area (Å²) in [5, 5.41) is 4.16. The maximum Gasteiger partial charge on any atom is 0.231 e. The van der Waals surface area contributed by atoms with Gasteiger partial charge in [-0.25, -0.2) is 4.39 Å². The van der Waals surface area contributed by atoms with Gasteiger partial charge in [-0.2, -0.15) is 0 Å². The Kier molecular flexibility index (Phi) is 4.82. The van der Waals surface area contributed by atoms with Gasteiger partial charge in [0.1, 0.15) is 11.9 Å². The molecule has 6 nitrogen and oxygen atoms in total. The standard InChI is InChI=1S/C19H17BrFNO5/c1-23-16-13(15(20)17(24-2)19-18(16)25-9-26-19)7-12-8-14(22-27-12)10-3-5-11(21)6-4-10/h3-6,12H,7-9H2,1-2H3/t12-/m0/s1. The summed E-state index contributed by atoms with van der Waals surface area (Å²) in [5.41, 5.74) is 2.47. The fraction of sp³-hybridized carbons (Fsp3) is 0.316. The molecule has 0 aliphatic carbocycles. The van der Waals surface area contributed by atoms with Crippen molar-refractivity contribution in [1.29, 1.82) is 0 Å². The van der Waals surface area contributed by atoms with Crippen LogP contribution in [0.5, 0.6) is 23.0 Å². The average molecular weight is 438 g/mol. The quantitative estimate of drug-likeness (QED) is 0.705. The maximum atomic E-state index is 13.1. The zero-order chi connectivity index (χ0) is 19.0. The van der Waals surface area contributed by atoms with Crippen LogP contribution in [0.25, 0.3) is 0 Å². The summed E-state index contributed by atoms with van der Waals surface area (Å²) in [6, 6.07) is 6.21. The van der Waals surface area contributed by atoms with Crippen molar-refractivity contribution in [2.24, 2.45) is 5.16 Å². The molecule has 0 aromatic heterocycles. The van der Waals surface area contributed by atoms with Crippen molar-refractivity contribution in [2.45, 2.75) is 18.9 Å². The zero-order valence-corrected chi connectivity index (χ0v) is 16.3. The van der Waals surface area contributed by atoms with E-state index in [1.807, 2.05) is 0 Å². The first kappa shape index (κ1) is 17.9. The van der Waals surface area contributed by atoms with Crippen molar-refractivity contribution in [1.82, 2.24) is 0 Å². The van der Waals surface area contributed by atoms with Crippen LogP contribution in [0.4, 0.5) is 4.39 Å². The molecule has 2 aromatic rings. The number of benzene rings is 2. The van der Waals surface area contributed by atoms with Gasteiger partial charge in [0.25, 0.3) is 0 Å². The zero-order valence-electron chi connectivity index (χ0n) is 14.8. The van der Waals surface area contributed by atoms with Crippen molar-refractivity contribution in [3.05, 3.63) is 45.7 Å². The molecule has 8 heteroatoms. The van der Waals surface area contributed by atoms with E-state index >= 15 is 0 Å². The van der Waals surface area contributed by atoms with Crippen LogP contribution in [0.1, 0.15) is 17.5 Å². The number of halogens is 2. The predicted octanol–water partition coefficient (Wildman–Crippen LogP) is 4.07. The van der Waals surface area contributed by atoms with E-state index in [-0.39, 0.29) is 18.7 Å². The van der Waals surface area contributed by atoms with E-state index in [2.05, 4.69) is 21.1 Å². The minimum atomic E-state index is -0.282. The monoisotopic (exact) mass is 437 g/mol. The number of hydrogen-bond acceptors (Lipinski definition) is 6. The summed E-state index contributed by atoms with van der Waals surface area (Å²) in [6.45, 7) is 0.107. The lowest BCUT2D eigenvalue weighted by molar-refractivity contribution is 0.0852. The lowest BCUT2D eigenvalue weighted by atomic mass is 9.99. The molecule has 2 aliphatic rings. The van der Waals surface area contributed by atoms with Gasteiger partial charge in [-0.05, 0) is 33.6 Å². The molecule has 0 fully saturated rings. The van der Waals surface area contributed by atoms with E-state index in [0.29, 0.717) is 35.8 Å². The Bertz CT molecular complexity index is 900. The second kappa shape index (κ2) is 7.26. The number of nitrogens with zero attached hydrogens (tertiary/aromatic N) is 1. The normalized spacial score (nSPS) is 17.5. The fourth-order valence-corrected chi connectivity index (χ4v) is 3.93. The number of hydrogen-bond donors (Lipinski definition) is 0. The van der Waals surface area contributed by atoms with Crippen LogP contribution in [-0.4, -0.2) is 32.8 Å². The van der Waals surface area contributed by atoms with Crippen LogP contribution in [0.2, 0.25) is 0 Å². The first-order chi connectivity index (χ1) is 13.1. The molecule has 0 bridgehead atoms.